The first-order chi connectivity index (χ1) is 14.3. The van der Waals surface area contributed by atoms with E-state index in [2.05, 4.69) is 69.1 Å². The highest BCUT2D eigenvalue weighted by Gasteiger charge is 2.17. The number of amides is 1. The predicted octanol–water partition coefficient (Wildman–Crippen LogP) is 6.45. The van der Waals surface area contributed by atoms with Crippen LogP contribution in [0.4, 0.5) is 0 Å². The average Bonchev–Trinajstić information content (AvgIpc) is 2.93. The van der Waals surface area contributed by atoms with Gasteiger partial charge in [-0.15, -0.1) is 11.8 Å². The van der Waals surface area contributed by atoms with Gasteiger partial charge in [-0.3, -0.25) is 4.79 Å². The van der Waals surface area contributed by atoms with Crippen LogP contribution in [-0.2, 0) is 4.79 Å². The van der Waals surface area contributed by atoms with Crippen molar-refractivity contribution in [3.63, 3.8) is 0 Å². The average molecular weight is 505 g/mol. The summed E-state index contributed by atoms with van der Waals surface area (Å²) in [6, 6.07) is 15.8. The van der Waals surface area contributed by atoms with E-state index >= 15 is 0 Å². The molecule has 3 rings (SSSR count). The summed E-state index contributed by atoms with van der Waals surface area (Å²) in [6.45, 7) is 8.02. The first-order valence-electron chi connectivity index (χ1n) is 9.47. The zero-order chi connectivity index (χ0) is 21.8. The molecule has 0 unspecified atom stereocenters. The highest BCUT2D eigenvalue weighted by Crippen LogP contribution is 2.29. The van der Waals surface area contributed by atoms with Gasteiger partial charge < -0.3 is 4.57 Å². The van der Waals surface area contributed by atoms with Crippen LogP contribution in [0.5, 0.6) is 0 Å². The number of nitrogens with one attached hydrogen (secondary N) is 1. The monoisotopic (exact) mass is 503 g/mol. The lowest BCUT2D eigenvalue weighted by Crippen LogP contribution is -2.26. The van der Waals surface area contributed by atoms with Crippen LogP contribution >= 0.6 is 39.3 Å². The van der Waals surface area contributed by atoms with Gasteiger partial charge in [-0.25, -0.2) is 5.43 Å². The van der Waals surface area contributed by atoms with Crippen molar-refractivity contribution in [2.45, 2.75) is 37.8 Å². The molecule has 1 atom stereocenters. The van der Waals surface area contributed by atoms with Gasteiger partial charge in [0, 0.05) is 37.0 Å². The van der Waals surface area contributed by atoms with E-state index in [1.807, 2.05) is 38.1 Å². The standard InChI is InChI=1S/C23H23BrClN3OS/c1-14-5-9-19(10-6-14)28-15(2)21(22(24)16(28)3)13-26-27-23(29)17(4)30-20-11-7-18(25)8-12-20/h5-13,17H,1-4H3,(H,27,29)/b26-13-/t17-/m1/s1. The van der Waals surface area contributed by atoms with Crippen molar-refractivity contribution in [3.8, 4) is 5.69 Å². The molecule has 1 aromatic heterocycles. The van der Waals surface area contributed by atoms with Crippen LogP contribution in [0.15, 0.2) is 63.0 Å². The topological polar surface area (TPSA) is 46.4 Å². The molecular weight excluding hydrogens is 482 g/mol. The van der Waals surface area contributed by atoms with Gasteiger partial charge in [-0.2, -0.15) is 5.10 Å². The van der Waals surface area contributed by atoms with Crippen molar-refractivity contribution in [3.05, 3.63) is 80.5 Å². The molecule has 7 heteroatoms. The van der Waals surface area contributed by atoms with Crippen LogP contribution < -0.4 is 5.43 Å². The summed E-state index contributed by atoms with van der Waals surface area (Å²) in [5, 5.41) is 4.59. The summed E-state index contributed by atoms with van der Waals surface area (Å²) >= 11 is 11.0. The van der Waals surface area contributed by atoms with E-state index in [0.29, 0.717) is 5.02 Å². The molecule has 0 saturated carbocycles. The van der Waals surface area contributed by atoms with Crippen LogP contribution in [0.3, 0.4) is 0 Å². The Morgan fingerprint density at radius 1 is 1.10 bits per heavy atom. The smallest absolute Gasteiger partial charge is 0.253 e. The van der Waals surface area contributed by atoms with Gasteiger partial charge in [0.05, 0.1) is 11.5 Å². The highest BCUT2D eigenvalue weighted by atomic mass is 79.9. The zero-order valence-electron chi connectivity index (χ0n) is 17.2. The molecule has 156 valence electrons. The number of benzene rings is 2. The fraction of sp³-hybridized carbons (Fsp3) is 0.217. The molecule has 0 radical (unpaired) electrons. The predicted molar refractivity (Wildman–Crippen MR) is 130 cm³/mol. The fourth-order valence-electron chi connectivity index (χ4n) is 3.08. The molecule has 0 aliphatic heterocycles. The van der Waals surface area contributed by atoms with Gasteiger partial charge in [-0.05, 0) is 80.0 Å². The molecule has 0 spiro atoms. The molecule has 0 saturated heterocycles. The van der Waals surface area contributed by atoms with Gasteiger partial charge >= 0.3 is 0 Å². The van der Waals surface area contributed by atoms with E-state index in [1.165, 1.54) is 17.3 Å². The minimum atomic E-state index is -0.285. The number of aromatic nitrogens is 1. The highest BCUT2D eigenvalue weighted by molar-refractivity contribution is 9.10. The number of halogens is 2. The SMILES string of the molecule is Cc1ccc(-n2c(C)c(Br)c(/C=N\NC(=O)[C@@H](C)Sc3ccc(Cl)cc3)c2C)cc1. The Morgan fingerprint density at radius 3 is 2.37 bits per heavy atom. The third-order valence-electron chi connectivity index (χ3n) is 4.77. The fourth-order valence-corrected chi connectivity index (χ4v) is 4.63. The maximum atomic E-state index is 12.4. The number of carbonyl (C=O) groups excluding carboxylic acids is 1. The number of thioether (sulfide) groups is 1. The molecule has 1 heterocycles. The van der Waals surface area contributed by atoms with E-state index in [-0.39, 0.29) is 11.2 Å². The number of nitrogens with zero attached hydrogens (tertiary/aromatic N) is 2. The van der Waals surface area contributed by atoms with Crippen molar-refractivity contribution >= 4 is 51.4 Å². The third kappa shape index (κ3) is 5.17. The first kappa shape index (κ1) is 22.7. The second kappa shape index (κ2) is 9.86. The number of carbonyl (C=O) groups is 1. The van der Waals surface area contributed by atoms with E-state index in [4.69, 9.17) is 11.6 Å². The van der Waals surface area contributed by atoms with Crippen molar-refractivity contribution in [2.24, 2.45) is 5.10 Å². The van der Waals surface area contributed by atoms with Crippen molar-refractivity contribution in [2.75, 3.05) is 0 Å². The minimum absolute atomic E-state index is 0.158. The van der Waals surface area contributed by atoms with Gasteiger partial charge in [0.1, 0.15) is 0 Å². The van der Waals surface area contributed by atoms with Crippen LogP contribution in [0, 0.1) is 20.8 Å². The number of hydrogen-bond donors (Lipinski definition) is 1. The number of hydrazone groups is 1. The van der Waals surface area contributed by atoms with Crippen LogP contribution in [0.2, 0.25) is 5.02 Å². The van der Waals surface area contributed by atoms with E-state index < -0.39 is 0 Å². The molecule has 2 aromatic carbocycles. The Kier molecular flexibility index (Phi) is 7.45. The van der Waals surface area contributed by atoms with Crippen molar-refractivity contribution < 1.29 is 4.79 Å². The molecule has 1 amide bonds. The van der Waals surface area contributed by atoms with Crippen LogP contribution in [0.1, 0.15) is 29.4 Å². The van der Waals surface area contributed by atoms with Crippen LogP contribution in [0.25, 0.3) is 5.69 Å². The van der Waals surface area contributed by atoms with Crippen molar-refractivity contribution in [1.82, 2.24) is 9.99 Å². The number of hydrogen-bond acceptors (Lipinski definition) is 3. The molecule has 0 aliphatic rings. The molecule has 0 bridgehead atoms. The Hall–Kier alpha value is -2.02. The summed E-state index contributed by atoms with van der Waals surface area (Å²) in [7, 11) is 0. The van der Waals surface area contributed by atoms with Crippen LogP contribution in [-0.4, -0.2) is 21.9 Å². The summed E-state index contributed by atoms with van der Waals surface area (Å²) in [5.74, 6) is -0.158. The van der Waals surface area contributed by atoms with Gasteiger partial charge in [-0.1, -0.05) is 29.3 Å². The van der Waals surface area contributed by atoms with Gasteiger partial charge in [0.25, 0.3) is 5.91 Å². The Bertz CT molecular complexity index is 1080. The van der Waals surface area contributed by atoms with E-state index in [9.17, 15) is 4.79 Å². The second-order valence-electron chi connectivity index (χ2n) is 7.02. The molecule has 3 aromatic rings. The van der Waals surface area contributed by atoms with E-state index in [1.54, 1.807) is 6.21 Å². The quantitative estimate of drug-likeness (QED) is 0.238. The molecule has 1 N–H and O–H groups in total. The minimum Gasteiger partial charge on any atom is -0.317 e. The summed E-state index contributed by atoms with van der Waals surface area (Å²) in [5.41, 5.74) is 8.02. The molecule has 0 fully saturated rings. The zero-order valence-corrected chi connectivity index (χ0v) is 20.4. The van der Waals surface area contributed by atoms with Crippen molar-refractivity contribution in [1.29, 1.82) is 0 Å². The summed E-state index contributed by atoms with van der Waals surface area (Å²) < 4.78 is 3.13. The third-order valence-corrected chi connectivity index (χ3v) is 7.14. The largest absolute Gasteiger partial charge is 0.317 e. The maximum Gasteiger partial charge on any atom is 0.253 e. The number of rotatable bonds is 6. The summed E-state index contributed by atoms with van der Waals surface area (Å²) in [6.07, 6.45) is 1.69. The molecular formula is C23H23BrClN3OS. The first-order valence-corrected chi connectivity index (χ1v) is 11.5. The Labute approximate surface area is 194 Å². The van der Waals surface area contributed by atoms with E-state index in [0.717, 1.165) is 32.0 Å². The Morgan fingerprint density at radius 2 is 1.73 bits per heavy atom. The lowest BCUT2D eigenvalue weighted by molar-refractivity contribution is -0.120. The molecule has 4 nitrogen and oxygen atoms in total. The van der Waals surface area contributed by atoms with Gasteiger partial charge in [0.2, 0.25) is 0 Å². The normalized spacial score (nSPS) is 12.3. The molecule has 0 aliphatic carbocycles. The lowest BCUT2D eigenvalue weighted by atomic mass is 10.2. The second-order valence-corrected chi connectivity index (χ2v) is 9.66. The Balaban J connectivity index is 1.71. The van der Waals surface area contributed by atoms with Gasteiger partial charge in [0.15, 0.2) is 0 Å². The molecule has 30 heavy (non-hydrogen) atoms. The number of aryl methyl sites for hydroxylation is 1. The lowest BCUT2D eigenvalue weighted by Gasteiger charge is -2.10. The maximum absolute atomic E-state index is 12.4. The summed E-state index contributed by atoms with van der Waals surface area (Å²) in [4.78, 5) is 13.4.